The second kappa shape index (κ2) is 8.85. The number of aromatic nitrogens is 3. The number of piperidine rings is 1. The maximum absolute atomic E-state index is 13.2. The zero-order valence-corrected chi connectivity index (χ0v) is 17.7. The normalized spacial score (nSPS) is 17.1. The van der Waals surface area contributed by atoms with Crippen LogP contribution in [0.15, 0.2) is 66.0 Å². The Morgan fingerprint density at radius 3 is 2.56 bits per heavy atom. The molecule has 3 heterocycles. The van der Waals surface area contributed by atoms with E-state index < -0.39 is 26.9 Å². The van der Waals surface area contributed by atoms with E-state index >= 15 is 0 Å². The third-order valence-corrected chi connectivity index (χ3v) is 7.09. The molecule has 1 N–H and O–H groups in total. The molecule has 32 heavy (non-hydrogen) atoms. The zero-order chi connectivity index (χ0) is 22.7. The number of carbonyl (C=O) groups is 1. The first-order valence-corrected chi connectivity index (χ1v) is 11.3. The second-order valence-electron chi connectivity index (χ2n) is 7.22. The van der Waals surface area contributed by atoms with Crippen LogP contribution in [-0.4, -0.2) is 50.9 Å². The maximum Gasteiger partial charge on any atom is 0.269 e. The van der Waals surface area contributed by atoms with Gasteiger partial charge in [0.15, 0.2) is 5.82 Å². The van der Waals surface area contributed by atoms with Gasteiger partial charge in [0.1, 0.15) is 6.04 Å². The number of nitro groups is 1. The van der Waals surface area contributed by atoms with Crippen LogP contribution in [0.1, 0.15) is 19.3 Å². The highest BCUT2D eigenvalue weighted by Gasteiger charge is 2.37. The van der Waals surface area contributed by atoms with Crippen LogP contribution in [0.4, 0.5) is 11.4 Å². The molecule has 12 heteroatoms. The van der Waals surface area contributed by atoms with Gasteiger partial charge in [-0.1, -0.05) is 6.42 Å². The van der Waals surface area contributed by atoms with E-state index in [1.54, 1.807) is 35.3 Å². The van der Waals surface area contributed by atoms with Crippen molar-refractivity contribution in [3.05, 3.63) is 71.2 Å². The van der Waals surface area contributed by atoms with Crippen LogP contribution < -0.4 is 5.32 Å². The first-order chi connectivity index (χ1) is 15.4. The number of hydrogen-bond donors (Lipinski definition) is 1. The van der Waals surface area contributed by atoms with Crippen molar-refractivity contribution in [2.24, 2.45) is 0 Å². The van der Waals surface area contributed by atoms with Crippen molar-refractivity contribution in [1.29, 1.82) is 0 Å². The second-order valence-corrected chi connectivity index (χ2v) is 9.11. The van der Waals surface area contributed by atoms with Gasteiger partial charge in [0.05, 0.1) is 21.7 Å². The molecule has 1 aromatic carbocycles. The molecule has 166 valence electrons. The minimum Gasteiger partial charge on any atom is -0.323 e. The number of nitro benzene ring substituents is 1. The lowest BCUT2D eigenvalue weighted by molar-refractivity contribution is -0.384. The van der Waals surface area contributed by atoms with Crippen LogP contribution in [0.2, 0.25) is 0 Å². The summed E-state index contributed by atoms with van der Waals surface area (Å²) in [5, 5.41) is 17.7. The predicted molar refractivity (Wildman–Crippen MR) is 115 cm³/mol. The van der Waals surface area contributed by atoms with Gasteiger partial charge in [0.25, 0.3) is 5.69 Å². The summed E-state index contributed by atoms with van der Waals surface area (Å²) >= 11 is 0. The average molecular weight is 456 g/mol. The van der Waals surface area contributed by atoms with Crippen molar-refractivity contribution >= 4 is 27.3 Å². The highest BCUT2D eigenvalue weighted by Crippen LogP contribution is 2.27. The summed E-state index contributed by atoms with van der Waals surface area (Å²) in [6.07, 6.45) is 6.55. The van der Waals surface area contributed by atoms with E-state index in [4.69, 9.17) is 0 Å². The molecule has 1 saturated heterocycles. The van der Waals surface area contributed by atoms with Crippen molar-refractivity contribution < 1.29 is 18.1 Å². The summed E-state index contributed by atoms with van der Waals surface area (Å²) in [6, 6.07) is 8.88. The summed E-state index contributed by atoms with van der Waals surface area (Å²) in [6.45, 7) is 0.188. The van der Waals surface area contributed by atoms with Gasteiger partial charge in [-0.25, -0.2) is 18.1 Å². The fourth-order valence-corrected chi connectivity index (χ4v) is 5.21. The van der Waals surface area contributed by atoms with Gasteiger partial charge < -0.3 is 5.32 Å². The fourth-order valence-electron chi connectivity index (χ4n) is 3.56. The highest BCUT2D eigenvalue weighted by molar-refractivity contribution is 7.89. The minimum atomic E-state index is -4.00. The quantitative estimate of drug-likeness (QED) is 0.443. The molecule has 4 rings (SSSR count). The van der Waals surface area contributed by atoms with Gasteiger partial charge >= 0.3 is 0 Å². The van der Waals surface area contributed by atoms with Crippen molar-refractivity contribution in [2.45, 2.75) is 30.2 Å². The maximum atomic E-state index is 13.2. The number of carbonyl (C=O) groups excluding carboxylic acids is 1. The van der Waals surface area contributed by atoms with Gasteiger partial charge in [0.2, 0.25) is 15.9 Å². The van der Waals surface area contributed by atoms with E-state index in [1.807, 2.05) is 0 Å². The third-order valence-electron chi connectivity index (χ3n) is 5.17. The first-order valence-electron chi connectivity index (χ1n) is 9.89. The van der Waals surface area contributed by atoms with E-state index in [0.29, 0.717) is 30.8 Å². The number of rotatable bonds is 6. The summed E-state index contributed by atoms with van der Waals surface area (Å²) < 4.78 is 29.1. The fraction of sp³-hybridized carbons (Fsp3) is 0.250. The Hall–Kier alpha value is -3.64. The number of hydrogen-bond acceptors (Lipinski definition) is 7. The molecule has 2 aromatic heterocycles. The lowest BCUT2D eigenvalue weighted by Gasteiger charge is -2.33. The summed E-state index contributed by atoms with van der Waals surface area (Å²) in [4.78, 5) is 27.4. The van der Waals surface area contributed by atoms with Gasteiger partial charge in [-0.15, -0.1) is 0 Å². The molecule has 3 aromatic rings. The standard InChI is InChI=1S/C20H20N6O5S/c27-20(23-15-5-10-19(21-14-15)24-12-3-11-22-24)18-4-1-2-13-25(18)32(30,31)17-8-6-16(7-9-17)26(28)29/h3,5-12,14,18H,1-2,4,13H2,(H,23,27)/t18-/m1/s1. The Morgan fingerprint density at radius 1 is 1.16 bits per heavy atom. The first kappa shape index (κ1) is 21.6. The molecule has 1 atom stereocenters. The van der Waals surface area contributed by atoms with Crippen molar-refractivity contribution in [2.75, 3.05) is 11.9 Å². The van der Waals surface area contributed by atoms with Gasteiger partial charge in [-0.05, 0) is 43.2 Å². The van der Waals surface area contributed by atoms with Gasteiger partial charge in [-0.3, -0.25) is 14.9 Å². The number of pyridine rings is 1. The van der Waals surface area contributed by atoms with Crippen LogP contribution in [0.25, 0.3) is 5.82 Å². The van der Waals surface area contributed by atoms with Crippen molar-refractivity contribution in [3.8, 4) is 5.82 Å². The van der Waals surface area contributed by atoms with E-state index in [0.717, 1.165) is 12.1 Å². The van der Waals surface area contributed by atoms with Crippen molar-refractivity contribution in [1.82, 2.24) is 19.1 Å². The average Bonchev–Trinajstić information content (AvgIpc) is 3.34. The van der Waals surface area contributed by atoms with Gasteiger partial charge in [-0.2, -0.15) is 9.40 Å². The van der Waals surface area contributed by atoms with Crippen LogP contribution in [0.3, 0.4) is 0 Å². The molecular formula is C20H20N6O5S. The number of non-ortho nitro benzene ring substituents is 1. The third kappa shape index (κ3) is 4.36. The molecule has 11 nitrogen and oxygen atoms in total. The molecular weight excluding hydrogens is 436 g/mol. The molecule has 0 bridgehead atoms. The zero-order valence-electron chi connectivity index (χ0n) is 16.9. The van der Waals surface area contributed by atoms with E-state index in [2.05, 4.69) is 15.4 Å². The summed E-state index contributed by atoms with van der Waals surface area (Å²) in [5.41, 5.74) is 0.229. The molecule has 1 aliphatic heterocycles. The molecule has 0 radical (unpaired) electrons. The van der Waals surface area contributed by atoms with Crippen molar-refractivity contribution in [3.63, 3.8) is 0 Å². The lowest BCUT2D eigenvalue weighted by atomic mass is 10.0. The number of anilines is 1. The lowest BCUT2D eigenvalue weighted by Crippen LogP contribution is -2.49. The minimum absolute atomic E-state index is 0.0898. The van der Waals surface area contributed by atoms with E-state index in [-0.39, 0.29) is 17.1 Å². The van der Waals surface area contributed by atoms with Crippen LogP contribution >= 0.6 is 0 Å². The SMILES string of the molecule is O=C(Nc1ccc(-n2cccn2)nc1)[C@H]1CCCCN1S(=O)(=O)c1ccc([N+](=O)[O-])cc1. The van der Waals surface area contributed by atoms with Crippen LogP contribution in [-0.2, 0) is 14.8 Å². The monoisotopic (exact) mass is 456 g/mol. The number of amides is 1. The predicted octanol–water partition coefficient (Wildman–Crippen LogP) is 2.36. The van der Waals surface area contributed by atoms with Crippen LogP contribution in [0.5, 0.6) is 0 Å². The summed E-state index contributed by atoms with van der Waals surface area (Å²) in [5.74, 6) is 0.122. The number of benzene rings is 1. The molecule has 0 saturated carbocycles. The Labute approximate surface area is 183 Å². The largest absolute Gasteiger partial charge is 0.323 e. The topological polar surface area (TPSA) is 140 Å². The van der Waals surface area contributed by atoms with E-state index in [1.165, 1.54) is 22.6 Å². The number of nitrogens with zero attached hydrogens (tertiary/aromatic N) is 5. The molecule has 1 amide bonds. The van der Waals surface area contributed by atoms with Crippen LogP contribution in [0, 0.1) is 10.1 Å². The Kier molecular flexibility index (Phi) is 5.97. The van der Waals surface area contributed by atoms with Gasteiger partial charge in [0, 0.05) is 31.1 Å². The summed E-state index contributed by atoms with van der Waals surface area (Å²) in [7, 11) is -4.00. The molecule has 0 aliphatic carbocycles. The molecule has 0 unspecified atom stereocenters. The Balaban J connectivity index is 1.52. The Bertz CT molecular complexity index is 1210. The number of sulfonamides is 1. The Morgan fingerprint density at radius 2 is 1.94 bits per heavy atom. The number of nitrogens with one attached hydrogen (secondary N) is 1. The molecule has 1 aliphatic rings. The highest BCUT2D eigenvalue weighted by atomic mass is 32.2. The smallest absolute Gasteiger partial charge is 0.269 e. The van der Waals surface area contributed by atoms with E-state index in [9.17, 15) is 23.3 Å². The molecule has 0 spiro atoms. The molecule has 1 fully saturated rings.